The SMILES string of the molecule is CC(C)(C)C(N)C(=O)N1CCC(C#N)CC1. The minimum atomic E-state index is -0.453. The fourth-order valence-electron chi connectivity index (χ4n) is 1.80. The average molecular weight is 223 g/mol. The van der Waals surface area contributed by atoms with Crippen LogP contribution >= 0.6 is 0 Å². The van der Waals surface area contributed by atoms with Crippen LogP contribution in [-0.2, 0) is 4.79 Å². The van der Waals surface area contributed by atoms with Crippen LogP contribution < -0.4 is 5.73 Å². The topological polar surface area (TPSA) is 70.1 Å². The molecule has 0 radical (unpaired) electrons. The summed E-state index contributed by atoms with van der Waals surface area (Å²) >= 11 is 0. The molecule has 1 unspecified atom stereocenters. The van der Waals surface area contributed by atoms with E-state index in [1.165, 1.54) is 0 Å². The van der Waals surface area contributed by atoms with Crippen molar-refractivity contribution < 1.29 is 4.79 Å². The van der Waals surface area contributed by atoms with Gasteiger partial charge in [0.15, 0.2) is 0 Å². The molecule has 0 bridgehead atoms. The minimum Gasteiger partial charge on any atom is -0.341 e. The van der Waals surface area contributed by atoms with E-state index in [0.717, 1.165) is 12.8 Å². The molecule has 2 N–H and O–H groups in total. The van der Waals surface area contributed by atoms with E-state index < -0.39 is 6.04 Å². The van der Waals surface area contributed by atoms with E-state index in [9.17, 15) is 4.79 Å². The maximum absolute atomic E-state index is 12.1. The lowest BCUT2D eigenvalue weighted by Gasteiger charge is -2.35. The summed E-state index contributed by atoms with van der Waals surface area (Å²) < 4.78 is 0. The van der Waals surface area contributed by atoms with E-state index >= 15 is 0 Å². The number of nitrogens with zero attached hydrogens (tertiary/aromatic N) is 2. The van der Waals surface area contributed by atoms with Crippen LogP contribution in [0.3, 0.4) is 0 Å². The van der Waals surface area contributed by atoms with Crippen LogP contribution in [0.25, 0.3) is 0 Å². The lowest BCUT2D eigenvalue weighted by Crippen LogP contribution is -2.52. The molecule has 1 aliphatic rings. The number of piperidine rings is 1. The second-order valence-electron chi connectivity index (χ2n) is 5.57. The molecule has 1 saturated heterocycles. The molecule has 1 heterocycles. The molecule has 0 saturated carbocycles. The summed E-state index contributed by atoms with van der Waals surface area (Å²) in [6.45, 7) is 7.24. The Kier molecular flexibility index (Phi) is 3.93. The molecule has 0 aliphatic carbocycles. The highest BCUT2D eigenvalue weighted by Gasteiger charge is 2.32. The van der Waals surface area contributed by atoms with Crippen LogP contribution in [0, 0.1) is 22.7 Å². The highest BCUT2D eigenvalue weighted by Crippen LogP contribution is 2.22. The van der Waals surface area contributed by atoms with Gasteiger partial charge in [0.1, 0.15) is 0 Å². The summed E-state index contributed by atoms with van der Waals surface area (Å²) in [5.74, 6) is 0.124. The fraction of sp³-hybridized carbons (Fsp3) is 0.833. The number of nitrogens with two attached hydrogens (primary N) is 1. The van der Waals surface area contributed by atoms with Crippen LogP contribution in [0.5, 0.6) is 0 Å². The Bertz CT molecular complexity index is 292. The third-order valence-electron chi connectivity index (χ3n) is 3.19. The van der Waals surface area contributed by atoms with Crippen molar-refractivity contribution in [3.63, 3.8) is 0 Å². The Hall–Kier alpha value is -1.08. The molecular formula is C12H21N3O. The van der Waals surface area contributed by atoms with Crippen molar-refractivity contribution in [3.8, 4) is 6.07 Å². The summed E-state index contributed by atoms with van der Waals surface area (Å²) in [7, 11) is 0. The van der Waals surface area contributed by atoms with Crippen LogP contribution in [0.1, 0.15) is 33.6 Å². The summed E-state index contributed by atoms with van der Waals surface area (Å²) in [6, 6.07) is 1.80. The monoisotopic (exact) mass is 223 g/mol. The number of carbonyl (C=O) groups is 1. The Morgan fingerprint density at radius 1 is 1.44 bits per heavy atom. The molecule has 0 aromatic heterocycles. The van der Waals surface area contributed by atoms with Gasteiger partial charge in [0.05, 0.1) is 12.1 Å². The lowest BCUT2D eigenvalue weighted by atomic mass is 9.86. The minimum absolute atomic E-state index is 0.0175. The van der Waals surface area contributed by atoms with E-state index in [1.54, 1.807) is 4.90 Å². The molecule has 4 nitrogen and oxygen atoms in total. The van der Waals surface area contributed by atoms with Crippen molar-refractivity contribution >= 4 is 5.91 Å². The number of likely N-dealkylation sites (tertiary alicyclic amines) is 1. The van der Waals surface area contributed by atoms with E-state index in [0.29, 0.717) is 13.1 Å². The molecule has 16 heavy (non-hydrogen) atoms. The lowest BCUT2D eigenvalue weighted by molar-refractivity contribution is -0.136. The predicted molar refractivity (Wildman–Crippen MR) is 62.3 cm³/mol. The first-order chi connectivity index (χ1) is 7.36. The van der Waals surface area contributed by atoms with Crippen molar-refractivity contribution in [2.45, 2.75) is 39.7 Å². The molecule has 1 aliphatic heterocycles. The van der Waals surface area contributed by atoms with E-state index in [-0.39, 0.29) is 17.2 Å². The first-order valence-corrected chi connectivity index (χ1v) is 5.80. The van der Waals surface area contributed by atoms with Crippen molar-refractivity contribution in [3.05, 3.63) is 0 Å². The smallest absolute Gasteiger partial charge is 0.240 e. The van der Waals surface area contributed by atoms with Crippen molar-refractivity contribution in [2.75, 3.05) is 13.1 Å². The van der Waals surface area contributed by atoms with Crippen LogP contribution in [0.2, 0.25) is 0 Å². The Morgan fingerprint density at radius 3 is 2.31 bits per heavy atom. The zero-order chi connectivity index (χ0) is 12.3. The Labute approximate surface area is 97.4 Å². The molecule has 4 heteroatoms. The number of carbonyl (C=O) groups excluding carboxylic acids is 1. The highest BCUT2D eigenvalue weighted by molar-refractivity contribution is 5.82. The summed E-state index contributed by atoms with van der Waals surface area (Å²) in [6.07, 6.45) is 1.55. The second-order valence-corrected chi connectivity index (χ2v) is 5.57. The largest absolute Gasteiger partial charge is 0.341 e. The molecule has 0 aromatic carbocycles. The highest BCUT2D eigenvalue weighted by atomic mass is 16.2. The second kappa shape index (κ2) is 4.84. The maximum atomic E-state index is 12.1. The number of amides is 1. The van der Waals surface area contributed by atoms with Gasteiger partial charge in [-0.2, -0.15) is 5.26 Å². The number of hydrogen-bond donors (Lipinski definition) is 1. The van der Waals surface area contributed by atoms with Gasteiger partial charge < -0.3 is 10.6 Å². The first-order valence-electron chi connectivity index (χ1n) is 5.80. The van der Waals surface area contributed by atoms with Gasteiger partial charge in [-0.05, 0) is 18.3 Å². The summed E-state index contributed by atoms with van der Waals surface area (Å²) in [5.41, 5.74) is 5.73. The van der Waals surface area contributed by atoms with Crippen LogP contribution in [0.15, 0.2) is 0 Å². The maximum Gasteiger partial charge on any atom is 0.240 e. The molecule has 90 valence electrons. The molecule has 0 spiro atoms. The molecule has 1 amide bonds. The third-order valence-corrected chi connectivity index (χ3v) is 3.19. The zero-order valence-electron chi connectivity index (χ0n) is 10.4. The van der Waals surface area contributed by atoms with Crippen molar-refractivity contribution in [1.29, 1.82) is 5.26 Å². The van der Waals surface area contributed by atoms with Crippen LogP contribution in [0.4, 0.5) is 0 Å². The van der Waals surface area contributed by atoms with Gasteiger partial charge in [-0.15, -0.1) is 0 Å². The van der Waals surface area contributed by atoms with Gasteiger partial charge in [0.25, 0.3) is 0 Å². The molecule has 1 fully saturated rings. The fourth-order valence-corrected chi connectivity index (χ4v) is 1.80. The molecular weight excluding hydrogens is 202 g/mol. The molecule has 1 rings (SSSR count). The Morgan fingerprint density at radius 2 is 1.94 bits per heavy atom. The Balaban J connectivity index is 2.55. The standard InChI is InChI=1S/C12H21N3O/c1-12(2,3)10(14)11(16)15-6-4-9(8-13)5-7-15/h9-10H,4-7,14H2,1-3H3. The third kappa shape index (κ3) is 2.96. The van der Waals surface area contributed by atoms with E-state index in [4.69, 9.17) is 11.0 Å². The summed E-state index contributed by atoms with van der Waals surface area (Å²) in [4.78, 5) is 13.9. The number of hydrogen-bond acceptors (Lipinski definition) is 3. The quantitative estimate of drug-likeness (QED) is 0.724. The zero-order valence-corrected chi connectivity index (χ0v) is 10.4. The number of rotatable bonds is 1. The van der Waals surface area contributed by atoms with Crippen LogP contribution in [-0.4, -0.2) is 29.9 Å². The van der Waals surface area contributed by atoms with Gasteiger partial charge in [0, 0.05) is 19.0 Å². The molecule has 0 aromatic rings. The van der Waals surface area contributed by atoms with Gasteiger partial charge >= 0.3 is 0 Å². The summed E-state index contributed by atoms with van der Waals surface area (Å²) in [5, 5.41) is 8.78. The van der Waals surface area contributed by atoms with E-state index in [2.05, 4.69) is 6.07 Å². The normalized spacial score (nSPS) is 20.3. The van der Waals surface area contributed by atoms with Gasteiger partial charge in [-0.3, -0.25) is 4.79 Å². The average Bonchev–Trinajstić information content (AvgIpc) is 2.26. The first kappa shape index (κ1) is 13.0. The van der Waals surface area contributed by atoms with E-state index in [1.807, 2.05) is 20.8 Å². The van der Waals surface area contributed by atoms with Gasteiger partial charge in [-0.1, -0.05) is 20.8 Å². The molecule has 1 atom stereocenters. The van der Waals surface area contributed by atoms with Gasteiger partial charge in [-0.25, -0.2) is 0 Å². The number of nitriles is 1. The van der Waals surface area contributed by atoms with Gasteiger partial charge in [0.2, 0.25) is 5.91 Å². The predicted octanol–water partition coefficient (Wildman–Crippen LogP) is 1.12. The van der Waals surface area contributed by atoms with Crippen molar-refractivity contribution in [2.24, 2.45) is 17.1 Å². The van der Waals surface area contributed by atoms with Crippen molar-refractivity contribution in [1.82, 2.24) is 4.90 Å².